The van der Waals surface area contributed by atoms with Crippen LogP contribution in [0.5, 0.6) is 5.75 Å². The number of ketones is 1. The SMILES string of the molecule is COc1cc(N(C)C)c(C(C)=O)cc1CCNC(=O)c1ccc2c(n1)-c1nc3nc4c(cc3cc1CC2)CCc1ccc(C(=O)NCCNc2ccc3c5c(cccc25)C(=O)N(Cc2ccc(C(=O)OC(C)(C)C)cc2)C3=O)nc1-4. The van der Waals surface area contributed by atoms with Crippen LogP contribution in [0.15, 0.2) is 103 Å². The molecule has 1 aliphatic heterocycles. The summed E-state index contributed by atoms with van der Waals surface area (Å²) in [5.41, 5.74) is 11.7. The van der Waals surface area contributed by atoms with Crippen molar-refractivity contribution in [2.75, 3.05) is 51.1 Å². The zero-order valence-electron chi connectivity index (χ0n) is 45.6. The normalized spacial score (nSPS) is 13.2. The molecule has 5 heterocycles. The minimum atomic E-state index is -0.644. The number of hydrogen-bond donors (Lipinski definition) is 3. The topological polar surface area (TPSA) is 215 Å². The maximum Gasteiger partial charge on any atom is 0.338 e. The van der Waals surface area contributed by atoms with E-state index in [1.807, 2.05) is 55.4 Å². The number of carbonyl (C=O) groups is 6. The van der Waals surface area contributed by atoms with Crippen LogP contribution in [0.2, 0.25) is 0 Å². The highest BCUT2D eigenvalue weighted by Gasteiger charge is 2.34. The van der Waals surface area contributed by atoms with Gasteiger partial charge < -0.3 is 30.3 Å². The van der Waals surface area contributed by atoms with Crippen LogP contribution in [0.25, 0.3) is 44.6 Å². The molecule has 11 rings (SSSR count). The third-order valence-electron chi connectivity index (χ3n) is 14.7. The maximum absolute atomic E-state index is 13.9. The summed E-state index contributed by atoms with van der Waals surface area (Å²) >= 11 is 0. The van der Waals surface area contributed by atoms with Crippen LogP contribution in [0.3, 0.4) is 0 Å². The molecule has 0 spiro atoms. The first kappa shape index (κ1) is 52.7. The van der Waals surface area contributed by atoms with Crippen LogP contribution in [0.1, 0.15) is 123 Å². The van der Waals surface area contributed by atoms with Gasteiger partial charge in [0.25, 0.3) is 23.6 Å². The largest absolute Gasteiger partial charge is 0.496 e. The van der Waals surface area contributed by atoms with Gasteiger partial charge in [-0.15, -0.1) is 0 Å². The summed E-state index contributed by atoms with van der Waals surface area (Å²) in [6.45, 7) is 7.83. The zero-order valence-corrected chi connectivity index (χ0v) is 45.6. The number of rotatable bonds is 15. The Morgan fingerprint density at radius 3 is 1.84 bits per heavy atom. The fourth-order valence-electron chi connectivity index (χ4n) is 10.8. The molecule has 4 aromatic heterocycles. The van der Waals surface area contributed by atoms with Crippen LogP contribution < -0.4 is 25.6 Å². The minimum absolute atomic E-state index is 0.0264. The number of esters is 1. The minimum Gasteiger partial charge on any atom is -0.496 e. The van der Waals surface area contributed by atoms with E-state index in [1.165, 1.54) is 11.8 Å². The lowest BCUT2D eigenvalue weighted by atomic mass is 9.89. The Kier molecular flexibility index (Phi) is 13.9. The Bertz CT molecular complexity index is 3900. The first-order valence-electron chi connectivity index (χ1n) is 26.7. The van der Waals surface area contributed by atoms with Crippen molar-refractivity contribution in [2.24, 2.45) is 0 Å². The van der Waals surface area contributed by atoms with Crippen molar-refractivity contribution in [2.45, 2.75) is 71.9 Å². The van der Waals surface area contributed by atoms with Crippen molar-refractivity contribution in [1.29, 1.82) is 0 Å². The quantitative estimate of drug-likeness (QED) is 0.0378. The van der Waals surface area contributed by atoms with Gasteiger partial charge in [0.2, 0.25) is 0 Å². The smallest absolute Gasteiger partial charge is 0.338 e. The number of amides is 4. The molecule has 0 bridgehead atoms. The number of pyridine rings is 4. The van der Waals surface area contributed by atoms with Crippen molar-refractivity contribution >= 4 is 68.6 Å². The van der Waals surface area contributed by atoms with Crippen molar-refractivity contribution in [3.8, 4) is 28.5 Å². The molecule has 17 heteroatoms. The second-order valence-electron chi connectivity index (χ2n) is 21.6. The number of fused-ring (bicyclic) bond motifs is 7. The Hall–Kier alpha value is -9.38. The Morgan fingerprint density at radius 2 is 1.25 bits per heavy atom. The number of carbonyl (C=O) groups excluding carboxylic acids is 6. The summed E-state index contributed by atoms with van der Waals surface area (Å²) in [6, 6.07) is 30.8. The van der Waals surface area contributed by atoms with Gasteiger partial charge in [-0.1, -0.05) is 36.4 Å². The van der Waals surface area contributed by atoms with E-state index >= 15 is 0 Å². The van der Waals surface area contributed by atoms with Crippen LogP contribution >= 0.6 is 0 Å². The fraction of sp³-hybridized carbons (Fsp3) is 0.270. The highest BCUT2D eigenvalue weighted by atomic mass is 16.6. The molecule has 2 aliphatic carbocycles. The fourth-order valence-corrected chi connectivity index (χ4v) is 10.8. The number of anilines is 2. The van der Waals surface area contributed by atoms with E-state index in [0.29, 0.717) is 98.0 Å². The van der Waals surface area contributed by atoms with Gasteiger partial charge in [-0.3, -0.25) is 28.9 Å². The van der Waals surface area contributed by atoms with Crippen molar-refractivity contribution in [3.63, 3.8) is 0 Å². The van der Waals surface area contributed by atoms with Gasteiger partial charge in [0.15, 0.2) is 11.4 Å². The van der Waals surface area contributed by atoms with Crippen LogP contribution in [-0.2, 0) is 43.4 Å². The molecule has 17 nitrogen and oxygen atoms in total. The van der Waals surface area contributed by atoms with Gasteiger partial charge >= 0.3 is 5.97 Å². The maximum atomic E-state index is 13.9. The molecule has 0 fully saturated rings. The third kappa shape index (κ3) is 10.2. The monoisotopic (exact) mass is 1070 g/mol. The molecule has 80 heavy (non-hydrogen) atoms. The first-order valence-corrected chi connectivity index (χ1v) is 26.7. The average molecular weight is 1070 g/mol. The average Bonchev–Trinajstić information content (AvgIpc) is 3.49. The molecule has 3 N–H and O–H groups in total. The summed E-state index contributed by atoms with van der Waals surface area (Å²) in [5, 5.41) is 11.5. The molecule has 3 aliphatic rings. The molecule has 0 saturated carbocycles. The molecule has 0 unspecified atom stereocenters. The molecular weight excluding hydrogens is 1010 g/mol. The highest BCUT2D eigenvalue weighted by Crippen LogP contribution is 2.38. The summed E-state index contributed by atoms with van der Waals surface area (Å²) in [4.78, 5) is 103. The molecular formula is C63H59N9O8. The van der Waals surface area contributed by atoms with Crippen LogP contribution in [0.4, 0.5) is 11.4 Å². The number of methoxy groups -OCH3 is 1. The number of imide groups is 1. The van der Waals surface area contributed by atoms with E-state index in [4.69, 9.17) is 29.4 Å². The predicted molar refractivity (Wildman–Crippen MR) is 305 cm³/mol. The van der Waals surface area contributed by atoms with E-state index in [2.05, 4.69) is 28.1 Å². The Labute approximate surface area is 462 Å². The first-order chi connectivity index (χ1) is 38.4. The van der Waals surface area contributed by atoms with Crippen LogP contribution in [0, 0.1) is 0 Å². The molecule has 404 valence electrons. The summed E-state index contributed by atoms with van der Waals surface area (Å²) < 4.78 is 11.1. The zero-order chi connectivity index (χ0) is 56.1. The van der Waals surface area contributed by atoms with Crippen molar-refractivity contribution < 1.29 is 38.2 Å². The lowest BCUT2D eigenvalue weighted by Crippen LogP contribution is -2.39. The molecule has 8 aromatic rings. The second-order valence-corrected chi connectivity index (χ2v) is 21.6. The standard InChI is InChI=1S/C63H59N9O8/c1-34(73)46-31-39(51(79-7)32-50(46)71(5)6)25-26-65-58(74)48-22-19-36-15-17-40-29-42-30-41-18-16-37-20-23-49(68-54(37)56(41)70-57(42)69-55(40)53(36)67-48)59(75)66-28-27-64-47-24-21-45-52-43(47)9-8-10-44(52)60(76)72(61(45)77)33-35-11-13-38(14-12-35)62(78)80-63(2,3)4/h8-14,19-24,29-32,64H,15-18,25-28,33H2,1-7H3,(H,65,74)(H,66,75). The second kappa shape index (κ2) is 21.1. The molecule has 0 atom stereocenters. The van der Waals surface area contributed by atoms with Gasteiger partial charge in [0, 0.05) is 78.3 Å². The van der Waals surface area contributed by atoms with Gasteiger partial charge in [0.1, 0.15) is 22.7 Å². The van der Waals surface area contributed by atoms with E-state index in [-0.39, 0.29) is 42.1 Å². The molecule has 4 aromatic carbocycles. The van der Waals surface area contributed by atoms with Gasteiger partial charge in [-0.25, -0.2) is 24.7 Å². The summed E-state index contributed by atoms with van der Waals surface area (Å²) in [5.74, 6) is -1.41. The number of ether oxygens (including phenoxy) is 2. The number of aromatic nitrogens is 4. The van der Waals surface area contributed by atoms with E-state index in [9.17, 15) is 28.8 Å². The molecule has 0 saturated heterocycles. The number of nitrogens with zero attached hydrogens (tertiary/aromatic N) is 6. The third-order valence-corrected chi connectivity index (χ3v) is 14.7. The van der Waals surface area contributed by atoms with E-state index in [1.54, 1.807) is 82.5 Å². The number of hydrogen-bond acceptors (Lipinski definition) is 14. The summed E-state index contributed by atoms with van der Waals surface area (Å²) in [7, 11) is 5.34. The lowest BCUT2D eigenvalue weighted by Gasteiger charge is -2.28. The number of aryl methyl sites for hydroxylation is 4. The van der Waals surface area contributed by atoms with Gasteiger partial charge in [-0.05, 0) is 154 Å². The van der Waals surface area contributed by atoms with Gasteiger partial charge in [0.05, 0.1) is 47.7 Å². The van der Waals surface area contributed by atoms with E-state index < -0.39 is 23.4 Å². The van der Waals surface area contributed by atoms with E-state index in [0.717, 1.165) is 64.6 Å². The number of nitrogens with one attached hydrogen (secondary N) is 3. The lowest BCUT2D eigenvalue weighted by molar-refractivity contribution is 0.00686. The van der Waals surface area contributed by atoms with Crippen molar-refractivity contribution in [1.82, 2.24) is 35.5 Å². The Morgan fingerprint density at radius 1 is 0.662 bits per heavy atom. The number of benzene rings is 4. The molecule has 0 radical (unpaired) electrons. The number of Topliss-reactive ketones (excluding diaryl/α,β-unsaturated/α-hetero) is 1. The highest BCUT2D eigenvalue weighted by molar-refractivity contribution is 6.26. The van der Waals surface area contributed by atoms with Crippen molar-refractivity contribution in [3.05, 3.63) is 170 Å². The van der Waals surface area contributed by atoms with Crippen LogP contribution in [-0.4, -0.2) is 107 Å². The molecule has 4 amide bonds. The Balaban J connectivity index is 0.752. The predicted octanol–water partition coefficient (Wildman–Crippen LogP) is 8.95. The summed E-state index contributed by atoms with van der Waals surface area (Å²) in [6.07, 6.45) is 3.43. The van der Waals surface area contributed by atoms with Gasteiger partial charge in [-0.2, -0.15) is 0 Å².